The van der Waals surface area contributed by atoms with Crippen molar-refractivity contribution in [1.29, 1.82) is 0 Å². The predicted octanol–water partition coefficient (Wildman–Crippen LogP) is 1.39. The Morgan fingerprint density at radius 1 is 1.53 bits per heavy atom. The van der Waals surface area contributed by atoms with Crippen molar-refractivity contribution in [2.24, 2.45) is 0 Å². The number of carbonyl (C=O) groups excluding carboxylic acids is 1. The van der Waals surface area contributed by atoms with E-state index in [1.54, 1.807) is 12.3 Å². The van der Waals surface area contributed by atoms with Crippen molar-refractivity contribution < 1.29 is 9.53 Å². The highest BCUT2D eigenvalue weighted by molar-refractivity contribution is 5.94. The van der Waals surface area contributed by atoms with Crippen LogP contribution in [0.1, 0.15) is 10.5 Å². The first kappa shape index (κ1) is 9.51. The highest BCUT2D eigenvalue weighted by Crippen LogP contribution is 2.17. The summed E-state index contributed by atoms with van der Waals surface area (Å²) in [7, 11) is 3.16. The van der Waals surface area contributed by atoms with Gasteiger partial charge in [0.1, 0.15) is 11.3 Å². The van der Waals surface area contributed by atoms with Gasteiger partial charge in [-0.25, -0.2) is 9.78 Å². The van der Waals surface area contributed by atoms with Gasteiger partial charge in [-0.15, -0.1) is 0 Å². The second-order valence-electron chi connectivity index (χ2n) is 3.09. The largest absolute Gasteiger partial charge is 0.464 e. The third kappa shape index (κ3) is 1.63. The molecule has 0 saturated carbocycles. The lowest BCUT2D eigenvalue weighted by Gasteiger charge is -1.96. The molecule has 0 aromatic carbocycles. The maximum absolute atomic E-state index is 11.2. The Bertz CT molecular complexity index is 504. The number of methoxy groups -OCH3 is 1. The first-order valence-electron chi connectivity index (χ1n) is 4.49. The summed E-state index contributed by atoms with van der Waals surface area (Å²) in [4.78, 5) is 18.3. The lowest BCUT2D eigenvalue weighted by molar-refractivity contribution is 0.0595. The Balaban J connectivity index is 2.51. The fraction of sp³-hybridized carbons (Fsp3) is 0.200. The van der Waals surface area contributed by atoms with Gasteiger partial charge >= 0.3 is 5.97 Å². The zero-order valence-corrected chi connectivity index (χ0v) is 8.50. The first-order valence-corrected chi connectivity index (χ1v) is 4.49. The molecule has 2 heterocycles. The summed E-state index contributed by atoms with van der Waals surface area (Å²) in [5, 5.41) is 3.86. The maximum atomic E-state index is 11.2. The van der Waals surface area contributed by atoms with Crippen molar-refractivity contribution in [3.05, 3.63) is 24.0 Å². The van der Waals surface area contributed by atoms with E-state index in [1.165, 1.54) is 7.11 Å². The van der Waals surface area contributed by atoms with Crippen LogP contribution in [-0.2, 0) is 4.74 Å². The van der Waals surface area contributed by atoms with Crippen molar-refractivity contribution in [3.8, 4) is 0 Å². The van der Waals surface area contributed by atoms with E-state index in [1.807, 2.05) is 13.1 Å². The number of pyridine rings is 1. The molecule has 15 heavy (non-hydrogen) atoms. The van der Waals surface area contributed by atoms with Crippen molar-refractivity contribution in [2.45, 2.75) is 0 Å². The highest BCUT2D eigenvalue weighted by atomic mass is 16.5. The van der Waals surface area contributed by atoms with Crippen LogP contribution in [0.4, 0.5) is 5.69 Å². The Morgan fingerprint density at radius 3 is 3.00 bits per heavy atom. The number of anilines is 1. The molecule has 0 aliphatic carbocycles. The molecule has 2 N–H and O–H groups in total. The Morgan fingerprint density at radius 2 is 2.33 bits per heavy atom. The monoisotopic (exact) mass is 205 g/mol. The summed E-state index contributed by atoms with van der Waals surface area (Å²) >= 11 is 0. The van der Waals surface area contributed by atoms with Crippen LogP contribution >= 0.6 is 0 Å². The van der Waals surface area contributed by atoms with Gasteiger partial charge in [0.05, 0.1) is 19.0 Å². The number of H-pyrrole nitrogens is 1. The van der Waals surface area contributed by atoms with Crippen LogP contribution in [0.2, 0.25) is 0 Å². The molecule has 0 atom stereocenters. The average molecular weight is 205 g/mol. The number of fused-ring (bicyclic) bond motifs is 1. The van der Waals surface area contributed by atoms with E-state index in [-0.39, 0.29) is 5.97 Å². The molecule has 0 aliphatic heterocycles. The minimum absolute atomic E-state index is 0.390. The summed E-state index contributed by atoms with van der Waals surface area (Å²) in [6.07, 6.45) is 1.69. The quantitative estimate of drug-likeness (QED) is 0.727. The molecule has 0 amide bonds. The number of hydrogen-bond donors (Lipinski definition) is 2. The molecule has 0 radical (unpaired) electrons. The van der Waals surface area contributed by atoms with E-state index in [9.17, 15) is 4.79 Å². The minimum atomic E-state index is -0.390. The number of esters is 1. The van der Waals surface area contributed by atoms with E-state index in [2.05, 4.69) is 20.0 Å². The van der Waals surface area contributed by atoms with Crippen LogP contribution in [0.5, 0.6) is 0 Å². The normalized spacial score (nSPS) is 10.3. The fourth-order valence-corrected chi connectivity index (χ4v) is 1.37. The van der Waals surface area contributed by atoms with Gasteiger partial charge in [-0.1, -0.05) is 0 Å². The lowest BCUT2D eigenvalue weighted by atomic mass is 10.3. The Labute approximate surface area is 86.5 Å². The Kier molecular flexibility index (Phi) is 2.29. The molecule has 5 heteroatoms. The number of hydrogen-bond acceptors (Lipinski definition) is 4. The molecular formula is C10H11N3O2. The summed E-state index contributed by atoms with van der Waals surface area (Å²) < 4.78 is 4.61. The van der Waals surface area contributed by atoms with Crippen molar-refractivity contribution in [3.63, 3.8) is 0 Å². The van der Waals surface area contributed by atoms with Gasteiger partial charge in [-0.05, 0) is 12.1 Å². The smallest absolute Gasteiger partial charge is 0.354 e. The van der Waals surface area contributed by atoms with Gasteiger partial charge < -0.3 is 15.0 Å². The zero-order chi connectivity index (χ0) is 10.8. The Hall–Kier alpha value is -2.04. The van der Waals surface area contributed by atoms with Crippen molar-refractivity contribution in [2.75, 3.05) is 19.5 Å². The van der Waals surface area contributed by atoms with E-state index >= 15 is 0 Å². The number of nitrogens with zero attached hydrogens (tertiary/aromatic N) is 1. The molecule has 78 valence electrons. The van der Waals surface area contributed by atoms with Gasteiger partial charge in [-0.3, -0.25) is 0 Å². The molecule has 0 unspecified atom stereocenters. The van der Waals surface area contributed by atoms with Gasteiger partial charge in [0.25, 0.3) is 0 Å². The number of rotatable bonds is 2. The molecule has 0 aliphatic rings. The second kappa shape index (κ2) is 3.61. The van der Waals surface area contributed by atoms with Crippen LogP contribution in [0.25, 0.3) is 11.0 Å². The molecular weight excluding hydrogens is 194 g/mol. The molecule has 5 nitrogen and oxygen atoms in total. The van der Waals surface area contributed by atoms with Crippen molar-refractivity contribution in [1.82, 2.24) is 9.97 Å². The van der Waals surface area contributed by atoms with Crippen LogP contribution < -0.4 is 5.32 Å². The number of aromatic nitrogens is 2. The van der Waals surface area contributed by atoms with Crippen LogP contribution in [0, 0.1) is 0 Å². The molecule has 0 saturated heterocycles. The lowest BCUT2D eigenvalue weighted by Crippen LogP contribution is -2.00. The summed E-state index contributed by atoms with van der Waals surface area (Å²) in [6, 6.07) is 3.63. The van der Waals surface area contributed by atoms with Gasteiger partial charge in [0.2, 0.25) is 0 Å². The topological polar surface area (TPSA) is 67.0 Å². The molecule has 0 fully saturated rings. The van der Waals surface area contributed by atoms with E-state index in [0.717, 1.165) is 11.1 Å². The molecule has 0 bridgehead atoms. The maximum Gasteiger partial charge on any atom is 0.354 e. The summed E-state index contributed by atoms with van der Waals surface area (Å²) in [6.45, 7) is 0. The van der Waals surface area contributed by atoms with E-state index < -0.39 is 0 Å². The summed E-state index contributed by atoms with van der Waals surface area (Å²) in [5.41, 5.74) is 1.99. The standard InChI is InChI=1S/C10H11N3O2/c1-11-7-3-6-4-8(10(14)15-2)13-9(6)12-5-7/h3-5,11H,1-2H3,(H,12,13). The average Bonchev–Trinajstić information content (AvgIpc) is 2.70. The van der Waals surface area contributed by atoms with Gasteiger partial charge in [-0.2, -0.15) is 0 Å². The predicted molar refractivity (Wildman–Crippen MR) is 57.0 cm³/mol. The fourth-order valence-electron chi connectivity index (χ4n) is 1.37. The van der Waals surface area contributed by atoms with E-state index in [0.29, 0.717) is 11.3 Å². The third-order valence-electron chi connectivity index (χ3n) is 2.16. The third-order valence-corrected chi connectivity index (χ3v) is 2.16. The highest BCUT2D eigenvalue weighted by Gasteiger charge is 2.09. The first-order chi connectivity index (χ1) is 7.24. The number of carbonyl (C=O) groups is 1. The molecule has 2 aromatic heterocycles. The molecule has 2 rings (SSSR count). The minimum Gasteiger partial charge on any atom is -0.464 e. The molecule has 0 spiro atoms. The van der Waals surface area contributed by atoms with Gasteiger partial charge in [0, 0.05) is 12.4 Å². The van der Waals surface area contributed by atoms with E-state index in [4.69, 9.17) is 0 Å². The van der Waals surface area contributed by atoms with Gasteiger partial charge in [0.15, 0.2) is 0 Å². The number of aromatic amines is 1. The number of nitrogens with one attached hydrogen (secondary N) is 2. The number of ether oxygens (including phenoxy) is 1. The zero-order valence-electron chi connectivity index (χ0n) is 8.50. The second-order valence-corrected chi connectivity index (χ2v) is 3.09. The summed E-state index contributed by atoms with van der Waals surface area (Å²) in [5.74, 6) is -0.390. The van der Waals surface area contributed by atoms with Crippen molar-refractivity contribution >= 4 is 22.7 Å². The van der Waals surface area contributed by atoms with Crippen LogP contribution in [0.3, 0.4) is 0 Å². The van der Waals surface area contributed by atoms with Crippen LogP contribution in [0.15, 0.2) is 18.3 Å². The molecule has 2 aromatic rings. The van der Waals surface area contributed by atoms with Crippen LogP contribution in [-0.4, -0.2) is 30.1 Å². The SMILES string of the molecule is CNc1cnc2[nH]c(C(=O)OC)cc2c1.